The molecule has 0 amide bonds. The van der Waals surface area contributed by atoms with E-state index in [1.807, 2.05) is 0 Å². The van der Waals surface area contributed by atoms with Gasteiger partial charge in [-0.1, -0.05) is 24.3 Å². The molecule has 0 aliphatic heterocycles. The number of Topliss-reactive ketones (excluding diaryl/α,β-unsaturated/α-hetero) is 1. The number of para-hydroxylation sites is 1. The van der Waals surface area contributed by atoms with Gasteiger partial charge in [0.2, 0.25) is 0 Å². The van der Waals surface area contributed by atoms with E-state index in [0.29, 0.717) is 15.7 Å². The van der Waals surface area contributed by atoms with Crippen molar-refractivity contribution in [3.63, 3.8) is 0 Å². The van der Waals surface area contributed by atoms with Gasteiger partial charge >= 0.3 is 0 Å². The van der Waals surface area contributed by atoms with E-state index >= 15 is 0 Å². The SMILES string of the molecule is CC(=O)c1cccc(S(=O)(=O)Nc2ccccc2Br)c1. The third-order valence-electron chi connectivity index (χ3n) is 2.67. The first-order chi connectivity index (χ1) is 9.40. The predicted molar refractivity (Wildman–Crippen MR) is 81.4 cm³/mol. The van der Waals surface area contributed by atoms with Gasteiger partial charge in [0.1, 0.15) is 0 Å². The van der Waals surface area contributed by atoms with E-state index in [2.05, 4.69) is 20.7 Å². The van der Waals surface area contributed by atoms with Crippen molar-refractivity contribution in [1.29, 1.82) is 0 Å². The number of hydrogen-bond acceptors (Lipinski definition) is 3. The molecule has 2 rings (SSSR count). The maximum atomic E-state index is 12.3. The molecule has 1 N–H and O–H groups in total. The zero-order valence-corrected chi connectivity index (χ0v) is 13.0. The van der Waals surface area contributed by atoms with Gasteiger partial charge in [0.15, 0.2) is 5.78 Å². The molecule has 4 nitrogen and oxygen atoms in total. The zero-order valence-electron chi connectivity index (χ0n) is 10.6. The largest absolute Gasteiger partial charge is 0.295 e. The summed E-state index contributed by atoms with van der Waals surface area (Å²) in [5, 5.41) is 0. The Labute approximate surface area is 126 Å². The minimum atomic E-state index is -3.72. The highest BCUT2D eigenvalue weighted by Crippen LogP contribution is 2.24. The lowest BCUT2D eigenvalue weighted by Gasteiger charge is -2.10. The normalized spacial score (nSPS) is 11.1. The van der Waals surface area contributed by atoms with Crippen LogP contribution in [-0.2, 0) is 10.0 Å². The van der Waals surface area contributed by atoms with Gasteiger partial charge in [0.25, 0.3) is 10.0 Å². The maximum Gasteiger partial charge on any atom is 0.261 e. The molecule has 0 saturated carbocycles. The van der Waals surface area contributed by atoms with Crippen LogP contribution < -0.4 is 4.72 Å². The first kappa shape index (κ1) is 14.7. The van der Waals surface area contributed by atoms with Crippen LogP contribution in [0.2, 0.25) is 0 Å². The summed E-state index contributed by atoms with van der Waals surface area (Å²) in [5.41, 5.74) is 0.806. The van der Waals surface area contributed by atoms with Gasteiger partial charge in [0.05, 0.1) is 10.6 Å². The standard InChI is InChI=1S/C14H12BrNO3S/c1-10(17)11-5-4-6-12(9-11)20(18,19)16-14-8-3-2-7-13(14)15/h2-9,16H,1H3. The van der Waals surface area contributed by atoms with Crippen molar-refractivity contribution in [3.8, 4) is 0 Å². The molecular formula is C14H12BrNO3S. The first-order valence-electron chi connectivity index (χ1n) is 5.78. The highest BCUT2D eigenvalue weighted by Gasteiger charge is 2.16. The topological polar surface area (TPSA) is 63.2 Å². The van der Waals surface area contributed by atoms with Crippen LogP contribution in [0, 0.1) is 0 Å². The lowest BCUT2D eigenvalue weighted by molar-refractivity contribution is 0.101. The third-order valence-corrected chi connectivity index (χ3v) is 4.72. The summed E-state index contributed by atoms with van der Waals surface area (Å²) in [6, 6.07) is 12.9. The summed E-state index contributed by atoms with van der Waals surface area (Å²) in [4.78, 5) is 11.4. The fraction of sp³-hybridized carbons (Fsp3) is 0.0714. The van der Waals surface area contributed by atoms with E-state index in [1.54, 1.807) is 36.4 Å². The van der Waals surface area contributed by atoms with E-state index in [9.17, 15) is 13.2 Å². The number of ketones is 1. The van der Waals surface area contributed by atoms with Crippen LogP contribution in [0.5, 0.6) is 0 Å². The van der Waals surface area contributed by atoms with Crippen molar-refractivity contribution >= 4 is 37.4 Å². The second-order valence-electron chi connectivity index (χ2n) is 4.17. The van der Waals surface area contributed by atoms with Crippen molar-refractivity contribution in [2.24, 2.45) is 0 Å². The minimum absolute atomic E-state index is 0.0564. The molecule has 0 radical (unpaired) electrons. The molecule has 0 fully saturated rings. The fourth-order valence-electron chi connectivity index (χ4n) is 1.63. The first-order valence-corrected chi connectivity index (χ1v) is 8.06. The molecule has 104 valence electrons. The Kier molecular flexibility index (Phi) is 4.25. The van der Waals surface area contributed by atoms with Gasteiger partial charge in [0, 0.05) is 10.0 Å². The van der Waals surface area contributed by atoms with Gasteiger partial charge in [-0.3, -0.25) is 9.52 Å². The number of sulfonamides is 1. The van der Waals surface area contributed by atoms with Crippen molar-refractivity contribution in [1.82, 2.24) is 0 Å². The maximum absolute atomic E-state index is 12.3. The molecule has 6 heteroatoms. The molecule has 0 saturated heterocycles. The Morgan fingerprint density at radius 3 is 2.45 bits per heavy atom. The lowest BCUT2D eigenvalue weighted by atomic mass is 10.2. The highest BCUT2D eigenvalue weighted by atomic mass is 79.9. The summed E-state index contributed by atoms with van der Waals surface area (Å²) >= 11 is 3.28. The van der Waals surface area contributed by atoms with Gasteiger partial charge in [-0.25, -0.2) is 8.42 Å². The number of rotatable bonds is 4. The summed E-state index contributed by atoms with van der Waals surface area (Å²) in [6.45, 7) is 1.40. The van der Waals surface area contributed by atoms with Crippen molar-refractivity contribution in [3.05, 3.63) is 58.6 Å². The summed E-state index contributed by atoms with van der Waals surface area (Å²) in [6.07, 6.45) is 0. The molecule has 0 spiro atoms. The van der Waals surface area contributed by atoms with Crippen LogP contribution in [0.4, 0.5) is 5.69 Å². The van der Waals surface area contributed by atoms with E-state index in [-0.39, 0.29) is 10.7 Å². The van der Waals surface area contributed by atoms with Crippen molar-refractivity contribution in [2.75, 3.05) is 4.72 Å². The summed E-state index contributed by atoms with van der Waals surface area (Å²) in [5.74, 6) is -0.178. The zero-order chi connectivity index (χ0) is 14.8. The molecule has 2 aromatic rings. The van der Waals surface area contributed by atoms with Crippen LogP contribution in [0.15, 0.2) is 57.9 Å². The molecule has 0 bridgehead atoms. The van der Waals surface area contributed by atoms with E-state index in [1.165, 1.54) is 19.1 Å². The molecule has 0 aromatic heterocycles. The fourth-order valence-corrected chi connectivity index (χ4v) is 3.27. The monoisotopic (exact) mass is 353 g/mol. The molecule has 20 heavy (non-hydrogen) atoms. The van der Waals surface area contributed by atoms with Crippen LogP contribution in [-0.4, -0.2) is 14.2 Å². The average Bonchev–Trinajstić information content (AvgIpc) is 2.41. The number of anilines is 1. The Balaban J connectivity index is 2.38. The molecule has 0 heterocycles. The lowest BCUT2D eigenvalue weighted by Crippen LogP contribution is -2.13. The Morgan fingerprint density at radius 1 is 1.10 bits per heavy atom. The highest BCUT2D eigenvalue weighted by molar-refractivity contribution is 9.10. The average molecular weight is 354 g/mol. The van der Waals surface area contributed by atoms with E-state index in [0.717, 1.165) is 0 Å². The Bertz CT molecular complexity index is 757. The van der Waals surface area contributed by atoms with E-state index in [4.69, 9.17) is 0 Å². The smallest absolute Gasteiger partial charge is 0.261 e. The second-order valence-corrected chi connectivity index (χ2v) is 6.71. The van der Waals surface area contributed by atoms with Gasteiger partial charge in [-0.2, -0.15) is 0 Å². The summed E-state index contributed by atoms with van der Waals surface area (Å²) in [7, 11) is -3.72. The molecule has 0 aliphatic carbocycles. The third kappa shape index (κ3) is 3.26. The number of halogens is 1. The van der Waals surface area contributed by atoms with E-state index < -0.39 is 10.0 Å². The van der Waals surface area contributed by atoms with Crippen molar-refractivity contribution < 1.29 is 13.2 Å². The number of benzene rings is 2. The van der Waals surface area contributed by atoms with Gasteiger partial charge < -0.3 is 0 Å². The van der Waals surface area contributed by atoms with Gasteiger partial charge in [-0.15, -0.1) is 0 Å². The molecular weight excluding hydrogens is 342 g/mol. The van der Waals surface area contributed by atoms with Crippen LogP contribution in [0.3, 0.4) is 0 Å². The minimum Gasteiger partial charge on any atom is -0.295 e. The number of hydrogen-bond donors (Lipinski definition) is 1. The molecule has 0 unspecified atom stereocenters. The second kappa shape index (κ2) is 5.76. The molecule has 0 aliphatic rings. The van der Waals surface area contributed by atoms with Crippen LogP contribution in [0.25, 0.3) is 0 Å². The molecule has 2 aromatic carbocycles. The Morgan fingerprint density at radius 2 is 1.80 bits per heavy atom. The predicted octanol–water partition coefficient (Wildman–Crippen LogP) is 3.45. The quantitative estimate of drug-likeness (QED) is 0.856. The number of carbonyl (C=O) groups is 1. The van der Waals surface area contributed by atoms with Crippen LogP contribution in [0.1, 0.15) is 17.3 Å². The van der Waals surface area contributed by atoms with Crippen molar-refractivity contribution in [2.45, 2.75) is 11.8 Å². The Hall–Kier alpha value is -1.66. The summed E-state index contributed by atoms with van der Waals surface area (Å²) < 4.78 is 27.7. The molecule has 0 atom stereocenters. The number of carbonyl (C=O) groups excluding carboxylic acids is 1. The van der Waals surface area contributed by atoms with Gasteiger partial charge in [-0.05, 0) is 47.1 Å². The number of nitrogens with one attached hydrogen (secondary N) is 1. The van der Waals surface area contributed by atoms with Crippen LogP contribution >= 0.6 is 15.9 Å².